The molecular formula is C26H29N3O2. The molecule has 3 aromatic carbocycles. The largest absolute Gasteiger partial charge is 0.350 e. The Morgan fingerprint density at radius 2 is 1.48 bits per heavy atom. The monoisotopic (exact) mass is 415 g/mol. The first-order chi connectivity index (χ1) is 15.0. The lowest BCUT2D eigenvalue weighted by Crippen LogP contribution is -2.38. The predicted molar refractivity (Wildman–Crippen MR) is 125 cm³/mol. The van der Waals surface area contributed by atoms with Crippen molar-refractivity contribution in [3.05, 3.63) is 102 Å². The van der Waals surface area contributed by atoms with Crippen LogP contribution in [0.2, 0.25) is 0 Å². The molecule has 0 aromatic heterocycles. The zero-order valence-corrected chi connectivity index (χ0v) is 18.0. The van der Waals surface area contributed by atoms with E-state index < -0.39 is 0 Å². The summed E-state index contributed by atoms with van der Waals surface area (Å²) in [6, 6.07) is 27.0. The third-order valence-corrected chi connectivity index (χ3v) is 5.18. The molecule has 3 amide bonds. The Morgan fingerprint density at radius 1 is 0.871 bits per heavy atom. The number of carbonyl (C=O) groups is 2. The van der Waals surface area contributed by atoms with Gasteiger partial charge in [-0.3, -0.25) is 4.79 Å². The molecule has 0 spiro atoms. The molecule has 0 saturated carbocycles. The van der Waals surface area contributed by atoms with E-state index in [1.54, 1.807) is 4.90 Å². The number of carbonyl (C=O) groups excluding carboxylic acids is 2. The van der Waals surface area contributed by atoms with Crippen LogP contribution >= 0.6 is 0 Å². The average Bonchev–Trinajstić information content (AvgIpc) is 2.79. The molecule has 3 rings (SSSR count). The van der Waals surface area contributed by atoms with E-state index in [2.05, 4.69) is 10.6 Å². The van der Waals surface area contributed by atoms with Crippen molar-refractivity contribution >= 4 is 17.6 Å². The minimum atomic E-state index is -0.220. The molecule has 160 valence electrons. The van der Waals surface area contributed by atoms with Gasteiger partial charge in [0.1, 0.15) is 0 Å². The van der Waals surface area contributed by atoms with Crippen molar-refractivity contribution < 1.29 is 9.59 Å². The van der Waals surface area contributed by atoms with Crippen LogP contribution in [0.1, 0.15) is 36.1 Å². The lowest BCUT2D eigenvalue weighted by atomic mass is 10.1. The summed E-state index contributed by atoms with van der Waals surface area (Å²) in [4.78, 5) is 27.2. The van der Waals surface area contributed by atoms with Crippen LogP contribution < -0.4 is 10.6 Å². The fourth-order valence-electron chi connectivity index (χ4n) is 3.34. The smallest absolute Gasteiger partial charge is 0.322 e. The minimum Gasteiger partial charge on any atom is -0.350 e. The third kappa shape index (κ3) is 6.71. The lowest BCUT2D eigenvalue weighted by molar-refractivity contribution is -0.121. The maximum Gasteiger partial charge on any atom is 0.322 e. The molecular weight excluding hydrogens is 386 g/mol. The SMILES string of the molecule is Cc1ccccc1NC(=O)N(CCC(=O)N[C@@H](C)c1ccccc1)Cc1ccccc1. The van der Waals surface area contributed by atoms with Crippen molar-refractivity contribution in [1.29, 1.82) is 0 Å². The molecule has 1 atom stereocenters. The molecule has 0 saturated heterocycles. The summed E-state index contributed by atoms with van der Waals surface area (Å²) in [5.41, 5.74) is 3.83. The summed E-state index contributed by atoms with van der Waals surface area (Å²) in [5, 5.41) is 5.99. The van der Waals surface area contributed by atoms with E-state index in [0.717, 1.165) is 22.4 Å². The Balaban J connectivity index is 1.64. The predicted octanol–water partition coefficient (Wildman–Crippen LogP) is 5.30. The van der Waals surface area contributed by atoms with Crippen LogP contribution in [-0.2, 0) is 11.3 Å². The van der Waals surface area contributed by atoms with Gasteiger partial charge in [-0.25, -0.2) is 4.79 Å². The lowest BCUT2D eigenvalue weighted by Gasteiger charge is -2.24. The standard InChI is InChI=1S/C26H29N3O2/c1-20-11-9-10-16-24(20)28-26(31)29(19-22-12-5-3-6-13-22)18-17-25(30)27-21(2)23-14-7-4-8-15-23/h3-16,21H,17-19H2,1-2H3,(H,27,30)(H,28,31)/t21-/m0/s1. The first kappa shape index (κ1) is 22.1. The van der Waals surface area contributed by atoms with Gasteiger partial charge < -0.3 is 15.5 Å². The number of aryl methyl sites for hydroxylation is 1. The van der Waals surface area contributed by atoms with Gasteiger partial charge in [-0.05, 0) is 36.6 Å². The Morgan fingerprint density at radius 3 is 2.16 bits per heavy atom. The second-order valence-electron chi connectivity index (χ2n) is 7.60. The zero-order valence-electron chi connectivity index (χ0n) is 18.0. The van der Waals surface area contributed by atoms with Gasteiger partial charge in [0.2, 0.25) is 5.91 Å². The maximum atomic E-state index is 13.0. The molecule has 31 heavy (non-hydrogen) atoms. The minimum absolute atomic E-state index is 0.0851. The molecule has 0 bridgehead atoms. The second kappa shape index (κ2) is 11.0. The van der Waals surface area contributed by atoms with E-state index >= 15 is 0 Å². The van der Waals surface area contributed by atoms with Gasteiger partial charge >= 0.3 is 6.03 Å². The van der Waals surface area contributed by atoms with Gasteiger partial charge in [-0.2, -0.15) is 0 Å². The van der Waals surface area contributed by atoms with Crippen LogP contribution in [0.3, 0.4) is 0 Å². The number of rotatable bonds is 8. The van der Waals surface area contributed by atoms with E-state index in [1.165, 1.54) is 0 Å². The van der Waals surface area contributed by atoms with Crippen LogP contribution in [0.4, 0.5) is 10.5 Å². The molecule has 0 aliphatic carbocycles. The van der Waals surface area contributed by atoms with Gasteiger partial charge in [0.05, 0.1) is 6.04 Å². The Labute approximate surface area is 184 Å². The van der Waals surface area contributed by atoms with Gasteiger partial charge in [0.15, 0.2) is 0 Å². The number of urea groups is 1. The summed E-state index contributed by atoms with van der Waals surface area (Å²) in [6.45, 7) is 4.66. The Kier molecular flexibility index (Phi) is 7.82. The highest BCUT2D eigenvalue weighted by molar-refractivity contribution is 5.90. The molecule has 5 nitrogen and oxygen atoms in total. The second-order valence-corrected chi connectivity index (χ2v) is 7.60. The number of nitrogens with zero attached hydrogens (tertiary/aromatic N) is 1. The summed E-state index contributed by atoms with van der Waals surface area (Å²) in [5.74, 6) is -0.0851. The quantitative estimate of drug-likeness (QED) is 0.525. The highest BCUT2D eigenvalue weighted by atomic mass is 16.2. The van der Waals surface area contributed by atoms with Crippen molar-refractivity contribution in [1.82, 2.24) is 10.2 Å². The number of anilines is 1. The summed E-state index contributed by atoms with van der Waals surface area (Å²) < 4.78 is 0. The van der Waals surface area contributed by atoms with E-state index in [4.69, 9.17) is 0 Å². The Hall–Kier alpha value is -3.60. The summed E-state index contributed by atoms with van der Waals surface area (Å²) in [6.07, 6.45) is 0.227. The normalized spacial score (nSPS) is 11.4. The zero-order chi connectivity index (χ0) is 22.1. The fourth-order valence-corrected chi connectivity index (χ4v) is 3.34. The van der Waals surface area contributed by atoms with Gasteiger partial charge in [0.25, 0.3) is 0 Å². The fraction of sp³-hybridized carbons (Fsp3) is 0.231. The van der Waals surface area contributed by atoms with Crippen LogP contribution in [0.25, 0.3) is 0 Å². The molecule has 0 unspecified atom stereocenters. The topological polar surface area (TPSA) is 61.4 Å². The Bertz CT molecular complexity index is 990. The van der Waals surface area contributed by atoms with Crippen LogP contribution in [0.5, 0.6) is 0 Å². The molecule has 0 heterocycles. The molecule has 2 N–H and O–H groups in total. The molecule has 0 fully saturated rings. The number of nitrogens with one attached hydrogen (secondary N) is 2. The van der Waals surface area contributed by atoms with Gasteiger partial charge in [-0.1, -0.05) is 78.9 Å². The van der Waals surface area contributed by atoms with Crippen molar-refractivity contribution in [3.63, 3.8) is 0 Å². The molecule has 0 aliphatic rings. The molecule has 0 aliphatic heterocycles. The van der Waals surface area contributed by atoms with Crippen molar-refractivity contribution in [3.8, 4) is 0 Å². The maximum absolute atomic E-state index is 13.0. The first-order valence-corrected chi connectivity index (χ1v) is 10.5. The number of hydrogen-bond donors (Lipinski definition) is 2. The van der Waals surface area contributed by atoms with Gasteiger partial charge in [0, 0.05) is 25.2 Å². The number of benzene rings is 3. The highest BCUT2D eigenvalue weighted by Crippen LogP contribution is 2.16. The van der Waals surface area contributed by atoms with E-state index in [0.29, 0.717) is 13.1 Å². The summed E-state index contributed by atoms with van der Waals surface area (Å²) in [7, 11) is 0. The average molecular weight is 416 g/mol. The van der Waals surface area contributed by atoms with Crippen LogP contribution in [-0.4, -0.2) is 23.4 Å². The van der Waals surface area contributed by atoms with Crippen molar-refractivity contribution in [2.45, 2.75) is 32.9 Å². The number of amides is 3. The van der Waals surface area contributed by atoms with Gasteiger partial charge in [-0.15, -0.1) is 0 Å². The summed E-state index contributed by atoms with van der Waals surface area (Å²) >= 11 is 0. The van der Waals surface area contributed by atoms with Crippen LogP contribution in [0.15, 0.2) is 84.9 Å². The first-order valence-electron chi connectivity index (χ1n) is 10.5. The van der Waals surface area contributed by atoms with Crippen molar-refractivity contribution in [2.24, 2.45) is 0 Å². The van der Waals surface area contributed by atoms with E-state index in [1.807, 2.05) is 98.8 Å². The van der Waals surface area contributed by atoms with Crippen molar-refractivity contribution in [2.75, 3.05) is 11.9 Å². The van der Waals surface area contributed by atoms with Crippen LogP contribution in [0, 0.1) is 6.92 Å². The van der Waals surface area contributed by atoms with E-state index in [-0.39, 0.29) is 24.4 Å². The number of para-hydroxylation sites is 1. The number of hydrogen-bond acceptors (Lipinski definition) is 2. The molecule has 5 heteroatoms. The van der Waals surface area contributed by atoms with E-state index in [9.17, 15) is 9.59 Å². The highest BCUT2D eigenvalue weighted by Gasteiger charge is 2.17. The molecule has 0 radical (unpaired) electrons. The third-order valence-electron chi connectivity index (χ3n) is 5.18. The molecule has 3 aromatic rings.